The number of amides is 1. The first-order valence-electron chi connectivity index (χ1n) is 7.34. The standard InChI is InChI=1S/C16H15BrCl3N3O2S/c1-8-3-4-10(9(2)7-8)21-15(26)23-14(16(18,19)20)22-13(24)11-5-6-12(17)25-11/h3-7,14H,1-2H3,(H,22,24)(H2,21,23,26)/t14-/m1/s1. The lowest BCUT2D eigenvalue weighted by molar-refractivity contribution is 0.0905. The summed E-state index contributed by atoms with van der Waals surface area (Å²) in [6.07, 6.45) is -1.09. The molecule has 1 amide bonds. The zero-order chi connectivity index (χ0) is 19.5. The van der Waals surface area contributed by atoms with E-state index in [9.17, 15) is 4.79 Å². The van der Waals surface area contributed by atoms with Gasteiger partial charge in [0.2, 0.25) is 3.79 Å². The number of alkyl halides is 3. The number of carbonyl (C=O) groups excluding carboxylic acids is 1. The van der Waals surface area contributed by atoms with Crippen LogP contribution in [0.15, 0.2) is 39.4 Å². The fourth-order valence-corrected chi connectivity index (χ4v) is 2.94. The molecule has 1 aromatic carbocycles. The van der Waals surface area contributed by atoms with Crippen LogP contribution in [0, 0.1) is 13.8 Å². The quantitative estimate of drug-likeness (QED) is 0.311. The lowest BCUT2D eigenvalue weighted by Gasteiger charge is -2.27. The molecular weight excluding hydrogens is 485 g/mol. The van der Waals surface area contributed by atoms with Crippen molar-refractivity contribution >= 4 is 79.7 Å². The van der Waals surface area contributed by atoms with Crippen molar-refractivity contribution in [3.8, 4) is 0 Å². The minimum Gasteiger partial charge on any atom is -0.444 e. The fourth-order valence-electron chi connectivity index (χ4n) is 2.08. The van der Waals surface area contributed by atoms with Crippen molar-refractivity contribution in [1.29, 1.82) is 0 Å². The average Bonchev–Trinajstić information content (AvgIpc) is 2.95. The number of carbonyl (C=O) groups is 1. The van der Waals surface area contributed by atoms with Gasteiger partial charge in [-0.15, -0.1) is 0 Å². The van der Waals surface area contributed by atoms with E-state index in [0.29, 0.717) is 4.67 Å². The molecule has 0 radical (unpaired) electrons. The van der Waals surface area contributed by atoms with E-state index in [1.54, 1.807) is 6.07 Å². The number of anilines is 1. The maximum atomic E-state index is 12.2. The number of rotatable bonds is 4. The molecule has 1 aromatic heterocycles. The molecular formula is C16H15BrCl3N3O2S. The van der Waals surface area contributed by atoms with E-state index in [0.717, 1.165) is 16.8 Å². The van der Waals surface area contributed by atoms with Crippen LogP contribution in [0.25, 0.3) is 0 Å². The van der Waals surface area contributed by atoms with Gasteiger partial charge in [-0.2, -0.15) is 0 Å². The molecule has 10 heteroatoms. The first kappa shape index (κ1) is 21.3. The molecule has 26 heavy (non-hydrogen) atoms. The maximum Gasteiger partial charge on any atom is 0.288 e. The second kappa shape index (κ2) is 8.80. The zero-order valence-electron chi connectivity index (χ0n) is 13.7. The number of benzene rings is 1. The Bertz CT molecular complexity index is 823. The smallest absolute Gasteiger partial charge is 0.288 e. The van der Waals surface area contributed by atoms with E-state index in [-0.39, 0.29) is 10.9 Å². The van der Waals surface area contributed by atoms with Crippen molar-refractivity contribution in [2.75, 3.05) is 5.32 Å². The van der Waals surface area contributed by atoms with Crippen molar-refractivity contribution in [2.24, 2.45) is 0 Å². The summed E-state index contributed by atoms with van der Waals surface area (Å²) in [6, 6.07) is 8.91. The first-order chi connectivity index (χ1) is 12.1. The highest BCUT2D eigenvalue weighted by Gasteiger charge is 2.35. The average molecular weight is 500 g/mol. The molecule has 0 saturated heterocycles. The Hall–Kier alpha value is -0.990. The van der Waals surface area contributed by atoms with Crippen molar-refractivity contribution in [2.45, 2.75) is 23.8 Å². The van der Waals surface area contributed by atoms with Gasteiger partial charge >= 0.3 is 0 Å². The van der Waals surface area contributed by atoms with Gasteiger partial charge in [0.05, 0.1) is 0 Å². The van der Waals surface area contributed by atoms with Crippen LogP contribution < -0.4 is 16.0 Å². The number of halogens is 4. The van der Waals surface area contributed by atoms with E-state index in [1.807, 2.05) is 32.0 Å². The molecule has 1 atom stereocenters. The Kier molecular flexibility index (Phi) is 7.21. The summed E-state index contributed by atoms with van der Waals surface area (Å²) in [4.78, 5) is 12.2. The predicted octanol–water partition coefficient (Wildman–Crippen LogP) is 5.07. The second-order valence-electron chi connectivity index (χ2n) is 5.47. The molecule has 0 aliphatic rings. The third-order valence-electron chi connectivity index (χ3n) is 3.31. The van der Waals surface area contributed by atoms with Crippen molar-refractivity contribution in [1.82, 2.24) is 10.6 Å². The molecule has 5 nitrogen and oxygen atoms in total. The minimum absolute atomic E-state index is 0.0613. The van der Waals surface area contributed by atoms with E-state index < -0.39 is 15.9 Å². The molecule has 0 aliphatic heterocycles. The summed E-state index contributed by atoms with van der Waals surface area (Å²) in [6.45, 7) is 3.94. The van der Waals surface area contributed by atoms with Crippen LogP contribution in [-0.4, -0.2) is 21.0 Å². The normalized spacial score (nSPS) is 12.4. The fraction of sp³-hybridized carbons (Fsp3) is 0.250. The van der Waals surface area contributed by atoms with Gasteiger partial charge in [0.15, 0.2) is 15.5 Å². The predicted molar refractivity (Wildman–Crippen MR) is 113 cm³/mol. The Morgan fingerprint density at radius 3 is 2.42 bits per heavy atom. The molecule has 0 fully saturated rings. The van der Waals surface area contributed by atoms with E-state index in [4.69, 9.17) is 51.4 Å². The summed E-state index contributed by atoms with van der Waals surface area (Å²) < 4.78 is 3.74. The van der Waals surface area contributed by atoms with Gasteiger partial charge in [-0.3, -0.25) is 4.79 Å². The Morgan fingerprint density at radius 2 is 1.88 bits per heavy atom. The molecule has 0 spiro atoms. The third kappa shape index (κ3) is 6.03. The van der Waals surface area contributed by atoms with Gasteiger partial charge in [-0.25, -0.2) is 0 Å². The molecule has 1 heterocycles. The first-order valence-corrected chi connectivity index (χ1v) is 9.67. The van der Waals surface area contributed by atoms with Crippen LogP contribution in [0.4, 0.5) is 5.69 Å². The Balaban J connectivity index is 2.07. The molecule has 0 saturated carbocycles. The van der Waals surface area contributed by atoms with Crippen LogP contribution in [0.5, 0.6) is 0 Å². The van der Waals surface area contributed by atoms with Crippen LogP contribution in [-0.2, 0) is 0 Å². The zero-order valence-corrected chi connectivity index (χ0v) is 18.4. The number of hydrogen-bond acceptors (Lipinski definition) is 3. The van der Waals surface area contributed by atoms with Crippen molar-refractivity contribution < 1.29 is 9.21 Å². The maximum absolute atomic E-state index is 12.2. The van der Waals surface area contributed by atoms with Gasteiger partial charge in [0, 0.05) is 5.69 Å². The summed E-state index contributed by atoms with van der Waals surface area (Å²) >= 11 is 26.3. The molecule has 0 aliphatic carbocycles. The van der Waals surface area contributed by atoms with E-state index in [1.165, 1.54) is 6.07 Å². The number of hydrogen-bond donors (Lipinski definition) is 3. The summed E-state index contributed by atoms with van der Waals surface area (Å²) in [5.74, 6) is -0.500. The number of nitrogens with one attached hydrogen (secondary N) is 3. The SMILES string of the molecule is Cc1ccc(NC(=S)N[C@@H](NC(=O)c2ccc(Br)o2)C(Cl)(Cl)Cl)c(C)c1. The van der Waals surface area contributed by atoms with Gasteiger partial charge in [-0.05, 0) is 65.8 Å². The Morgan fingerprint density at radius 1 is 1.19 bits per heavy atom. The third-order valence-corrected chi connectivity index (χ3v) is 4.61. The summed E-state index contributed by atoms with van der Waals surface area (Å²) in [5.41, 5.74) is 2.93. The molecule has 2 aromatic rings. The largest absolute Gasteiger partial charge is 0.444 e. The highest BCUT2D eigenvalue weighted by atomic mass is 79.9. The summed E-state index contributed by atoms with van der Waals surface area (Å²) in [7, 11) is 0. The van der Waals surface area contributed by atoms with E-state index >= 15 is 0 Å². The van der Waals surface area contributed by atoms with Gasteiger partial charge in [-0.1, -0.05) is 52.5 Å². The Labute approximate surface area is 179 Å². The molecule has 3 N–H and O–H groups in total. The van der Waals surface area contributed by atoms with Crippen LogP contribution in [0.1, 0.15) is 21.7 Å². The minimum atomic E-state index is -1.85. The van der Waals surface area contributed by atoms with Crippen LogP contribution in [0.3, 0.4) is 0 Å². The van der Waals surface area contributed by atoms with E-state index in [2.05, 4.69) is 31.9 Å². The topological polar surface area (TPSA) is 66.3 Å². The van der Waals surface area contributed by atoms with Gasteiger partial charge in [0.25, 0.3) is 5.91 Å². The second-order valence-corrected chi connectivity index (χ2v) is 9.03. The molecule has 0 unspecified atom stereocenters. The number of thiocarbonyl (C=S) groups is 1. The molecule has 0 bridgehead atoms. The lowest BCUT2D eigenvalue weighted by Crippen LogP contribution is -2.56. The number of aryl methyl sites for hydroxylation is 2. The summed E-state index contributed by atoms with van der Waals surface area (Å²) in [5, 5.41) is 8.54. The van der Waals surface area contributed by atoms with Crippen LogP contribution >= 0.6 is 63.0 Å². The lowest BCUT2D eigenvalue weighted by atomic mass is 10.1. The highest BCUT2D eigenvalue weighted by Crippen LogP contribution is 2.29. The van der Waals surface area contributed by atoms with Gasteiger partial charge < -0.3 is 20.4 Å². The molecule has 140 valence electrons. The highest BCUT2D eigenvalue weighted by molar-refractivity contribution is 9.10. The monoisotopic (exact) mass is 497 g/mol. The van der Waals surface area contributed by atoms with Crippen molar-refractivity contribution in [3.05, 3.63) is 51.9 Å². The van der Waals surface area contributed by atoms with Crippen molar-refractivity contribution in [3.63, 3.8) is 0 Å². The molecule has 2 rings (SSSR count). The van der Waals surface area contributed by atoms with Gasteiger partial charge in [0.1, 0.15) is 6.17 Å². The number of furan rings is 1. The van der Waals surface area contributed by atoms with Crippen LogP contribution in [0.2, 0.25) is 0 Å².